The Morgan fingerprint density at radius 2 is 1.87 bits per heavy atom. The molecule has 12 nitrogen and oxygen atoms in total. The molecule has 2 rings (SSSR count). The Hall–Kier alpha value is -4.61. The van der Waals surface area contributed by atoms with Gasteiger partial charge in [-0.05, 0) is 48.7 Å². The SMILES string of the molecule is C/C=C(/NC(CC)(Cc1cccc(C(=N)N)c1)C(=O)NCC(=O)NCc1ccnc(N)c1)OC.COC=O. The van der Waals surface area contributed by atoms with Crippen LogP contribution in [0.25, 0.3) is 0 Å². The number of ether oxygens (including phenoxy) is 2. The molecule has 0 radical (unpaired) electrons. The number of rotatable bonds is 13. The molecule has 12 heteroatoms. The third-order valence-electron chi connectivity index (χ3n) is 5.47. The predicted molar refractivity (Wildman–Crippen MR) is 145 cm³/mol. The minimum Gasteiger partial charge on any atom is -0.483 e. The van der Waals surface area contributed by atoms with Crippen molar-refractivity contribution >= 4 is 29.9 Å². The summed E-state index contributed by atoms with van der Waals surface area (Å²) in [5, 5.41) is 16.4. The van der Waals surface area contributed by atoms with Crippen LogP contribution in [-0.4, -0.2) is 55.4 Å². The number of nitrogens with zero attached hydrogens (tertiary/aromatic N) is 1. The number of carbonyl (C=O) groups excluding carboxylic acids is 3. The van der Waals surface area contributed by atoms with Gasteiger partial charge >= 0.3 is 0 Å². The van der Waals surface area contributed by atoms with Gasteiger partial charge in [0.25, 0.3) is 6.47 Å². The summed E-state index contributed by atoms with van der Waals surface area (Å²) in [6.07, 6.45) is 3.98. The van der Waals surface area contributed by atoms with Gasteiger partial charge < -0.3 is 36.9 Å². The highest BCUT2D eigenvalue weighted by molar-refractivity contribution is 5.95. The summed E-state index contributed by atoms with van der Waals surface area (Å²) in [5.41, 5.74) is 12.4. The van der Waals surface area contributed by atoms with Crippen molar-refractivity contribution in [2.75, 3.05) is 26.5 Å². The molecule has 0 fully saturated rings. The Morgan fingerprint density at radius 1 is 1.16 bits per heavy atom. The van der Waals surface area contributed by atoms with Gasteiger partial charge in [-0.25, -0.2) is 4.98 Å². The number of amidine groups is 1. The first kappa shape index (κ1) is 31.4. The van der Waals surface area contributed by atoms with E-state index in [1.165, 1.54) is 14.2 Å². The third-order valence-corrected chi connectivity index (χ3v) is 5.47. The van der Waals surface area contributed by atoms with E-state index < -0.39 is 5.54 Å². The molecule has 0 bridgehead atoms. The number of allylic oxidation sites excluding steroid dienone is 1. The number of nitrogens with one attached hydrogen (secondary N) is 4. The van der Waals surface area contributed by atoms with Gasteiger partial charge in [-0.1, -0.05) is 25.1 Å². The van der Waals surface area contributed by atoms with Crippen LogP contribution in [0.4, 0.5) is 5.82 Å². The van der Waals surface area contributed by atoms with Gasteiger partial charge in [0.2, 0.25) is 11.8 Å². The van der Waals surface area contributed by atoms with E-state index in [-0.39, 0.29) is 37.2 Å². The maximum atomic E-state index is 13.4. The maximum absolute atomic E-state index is 13.4. The number of hydrogen-bond acceptors (Lipinski definition) is 9. The van der Waals surface area contributed by atoms with E-state index in [1.807, 2.05) is 13.0 Å². The van der Waals surface area contributed by atoms with E-state index in [4.69, 9.17) is 26.4 Å². The van der Waals surface area contributed by atoms with E-state index in [9.17, 15) is 9.59 Å². The number of nitrogen functional groups attached to an aromatic ring is 2. The number of anilines is 1. The lowest BCUT2D eigenvalue weighted by atomic mass is 9.86. The average Bonchev–Trinajstić information content (AvgIpc) is 2.93. The molecule has 0 aliphatic carbocycles. The minimum atomic E-state index is -1.10. The van der Waals surface area contributed by atoms with Crippen LogP contribution in [-0.2, 0) is 36.8 Å². The molecule has 0 spiro atoms. The molecule has 1 aromatic heterocycles. The molecule has 1 unspecified atom stereocenters. The van der Waals surface area contributed by atoms with Crippen LogP contribution in [0.5, 0.6) is 0 Å². The molecule has 2 amide bonds. The fourth-order valence-corrected chi connectivity index (χ4v) is 3.43. The molecule has 1 heterocycles. The molecule has 0 aliphatic heterocycles. The smallest absolute Gasteiger partial charge is 0.292 e. The van der Waals surface area contributed by atoms with Gasteiger partial charge in [0, 0.05) is 24.7 Å². The van der Waals surface area contributed by atoms with Crippen molar-refractivity contribution in [2.45, 2.75) is 38.8 Å². The number of nitrogens with two attached hydrogens (primary N) is 2. The van der Waals surface area contributed by atoms with E-state index in [0.29, 0.717) is 30.2 Å². The highest BCUT2D eigenvalue weighted by atomic mass is 16.5. The van der Waals surface area contributed by atoms with Gasteiger partial charge in [0.15, 0.2) is 5.88 Å². The number of benzene rings is 1. The first-order valence-electron chi connectivity index (χ1n) is 11.8. The largest absolute Gasteiger partial charge is 0.483 e. The molecule has 206 valence electrons. The number of carbonyl (C=O) groups is 3. The molecule has 0 aliphatic rings. The normalized spacial score (nSPS) is 12.1. The van der Waals surface area contributed by atoms with Crippen LogP contribution in [0.2, 0.25) is 0 Å². The summed E-state index contributed by atoms with van der Waals surface area (Å²) in [5.74, 6) is 0.0401. The summed E-state index contributed by atoms with van der Waals surface area (Å²) in [4.78, 5) is 38.6. The molecule has 0 saturated carbocycles. The average molecular weight is 528 g/mol. The topological polar surface area (TPSA) is 195 Å². The summed E-state index contributed by atoms with van der Waals surface area (Å²) in [6, 6.07) is 10.6. The van der Waals surface area contributed by atoms with Crippen LogP contribution in [0, 0.1) is 5.41 Å². The molecule has 2 aromatic rings. The molecule has 38 heavy (non-hydrogen) atoms. The maximum Gasteiger partial charge on any atom is 0.292 e. The summed E-state index contributed by atoms with van der Waals surface area (Å²) in [6.45, 7) is 4.11. The quantitative estimate of drug-likeness (QED) is 0.0951. The Kier molecular flexibility index (Phi) is 13.4. The van der Waals surface area contributed by atoms with Gasteiger partial charge in [-0.2, -0.15) is 0 Å². The Labute approximate surface area is 222 Å². The van der Waals surface area contributed by atoms with E-state index >= 15 is 0 Å². The van der Waals surface area contributed by atoms with Crippen molar-refractivity contribution in [1.29, 1.82) is 5.41 Å². The fourth-order valence-electron chi connectivity index (χ4n) is 3.43. The van der Waals surface area contributed by atoms with Gasteiger partial charge in [-0.15, -0.1) is 0 Å². The van der Waals surface area contributed by atoms with Crippen LogP contribution >= 0.6 is 0 Å². The van der Waals surface area contributed by atoms with E-state index in [0.717, 1.165) is 11.1 Å². The van der Waals surface area contributed by atoms with Crippen LogP contribution in [0.1, 0.15) is 37.0 Å². The highest BCUT2D eigenvalue weighted by Gasteiger charge is 2.38. The second kappa shape index (κ2) is 16.2. The fraction of sp³-hybridized carbons (Fsp3) is 0.346. The molecule has 1 aromatic carbocycles. The van der Waals surface area contributed by atoms with Crippen molar-refractivity contribution in [2.24, 2.45) is 5.73 Å². The van der Waals surface area contributed by atoms with Crippen molar-refractivity contribution < 1.29 is 23.9 Å². The van der Waals surface area contributed by atoms with Crippen molar-refractivity contribution in [3.05, 3.63) is 71.2 Å². The van der Waals surface area contributed by atoms with Crippen LogP contribution in [0.15, 0.2) is 54.6 Å². The van der Waals surface area contributed by atoms with Crippen molar-refractivity contribution in [3.8, 4) is 0 Å². The Balaban J connectivity index is 0.00000168. The number of aromatic nitrogens is 1. The zero-order valence-electron chi connectivity index (χ0n) is 22.2. The first-order valence-corrected chi connectivity index (χ1v) is 11.8. The molecule has 1 atom stereocenters. The second-order valence-electron chi connectivity index (χ2n) is 8.09. The monoisotopic (exact) mass is 527 g/mol. The molecular formula is C26H37N7O5. The first-order chi connectivity index (χ1) is 18.1. The van der Waals surface area contributed by atoms with Crippen molar-refractivity contribution in [3.63, 3.8) is 0 Å². The summed E-state index contributed by atoms with van der Waals surface area (Å²) >= 11 is 0. The molecule has 0 saturated heterocycles. The minimum absolute atomic E-state index is 0.0555. The van der Waals surface area contributed by atoms with Crippen LogP contribution < -0.4 is 27.4 Å². The molecular weight excluding hydrogens is 490 g/mol. The van der Waals surface area contributed by atoms with Gasteiger partial charge in [0.1, 0.15) is 17.2 Å². The number of pyridine rings is 1. The van der Waals surface area contributed by atoms with E-state index in [1.54, 1.807) is 49.5 Å². The summed E-state index contributed by atoms with van der Waals surface area (Å²) in [7, 11) is 2.82. The zero-order valence-corrected chi connectivity index (χ0v) is 22.2. The standard InChI is InChI=1S/C24H33N7O3.C2H4O2/c1-4-21(34-3)31-24(5-2,13-16-7-6-8-18(11-16)22(26)27)23(33)30-15-20(32)29-14-17-9-10-28-19(25)12-17;1-4-2-3/h4,6-12,31H,5,13-15H2,1-3H3,(H2,25,28)(H3,26,27)(H,29,32)(H,30,33);2H,1H3/b21-4-;. The second-order valence-corrected chi connectivity index (χ2v) is 8.09. The van der Waals surface area contributed by atoms with Crippen molar-refractivity contribution in [1.82, 2.24) is 20.9 Å². The highest BCUT2D eigenvalue weighted by Crippen LogP contribution is 2.21. The van der Waals surface area contributed by atoms with Gasteiger partial charge in [-0.3, -0.25) is 19.8 Å². The van der Waals surface area contributed by atoms with Gasteiger partial charge in [0.05, 0.1) is 20.8 Å². The lowest BCUT2D eigenvalue weighted by Gasteiger charge is -2.34. The van der Waals surface area contributed by atoms with Crippen LogP contribution in [0.3, 0.4) is 0 Å². The Bertz CT molecular complexity index is 1120. The number of hydrogen-bond donors (Lipinski definition) is 6. The van der Waals surface area contributed by atoms with E-state index in [2.05, 4.69) is 25.7 Å². The Morgan fingerprint density at radius 3 is 2.42 bits per heavy atom. The number of amides is 2. The number of methoxy groups -OCH3 is 2. The molecule has 8 N–H and O–H groups in total. The zero-order chi connectivity index (χ0) is 28.6. The predicted octanol–water partition coefficient (Wildman–Crippen LogP) is 0.958. The summed E-state index contributed by atoms with van der Waals surface area (Å²) < 4.78 is 9.21. The lowest BCUT2D eigenvalue weighted by Crippen LogP contribution is -2.59. The lowest BCUT2D eigenvalue weighted by molar-refractivity contribution is -0.130. The third kappa shape index (κ3) is 10.2.